The molecule has 116 valence electrons. The van der Waals surface area contributed by atoms with Crippen LogP contribution in [0.15, 0.2) is 36.9 Å². The summed E-state index contributed by atoms with van der Waals surface area (Å²) in [6, 6.07) is 6.43. The highest BCUT2D eigenvalue weighted by Crippen LogP contribution is 2.55. The minimum Gasteiger partial charge on any atom is -0.308 e. The van der Waals surface area contributed by atoms with Crippen molar-refractivity contribution in [2.24, 2.45) is 0 Å². The summed E-state index contributed by atoms with van der Waals surface area (Å²) < 4.78 is 23.4. The van der Waals surface area contributed by atoms with Crippen LogP contribution in [-0.2, 0) is 13.6 Å². The monoisotopic (exact) mass is 330 g/mol. The number of Topliss-reactive ketones (excluding diaryl/α,β-unsaturated/α-hetero) is 1. The molecule has 0 aliphatic heterocycles. The van der Waals surface area contributed by atoms with Crippen molar-refractivity contribution in [2.45, 2.75) is 25.9 Å². The van der Waals surface area contributed by atoms with E-state index in [1.54, 1.807) is 44.2 Å². The topological polar surface area (TPSA) is 52.6 Å². The van der Waals surface area contributed by atoms with Gasteiger partial charge in [-0.05, 0) is 44.5 Å². The third kappa shape index (κ3) is 4.79. The van der Waals surface area contributed by atoms with Crippen LogP contribution in [-0.4, -0.2) is 24.7 Å². The van der Waals surface area contributed by atoms with E-state index >= 15 is 0 Å². The maximum absolute atomic E-state index is 12.8. The molecule has 1 aromatic carbocycles. The molecule has 0 aromatic heterocycles. The van der Waals surface area contributed by atoms with E-state index in [4.69, 9.17) is 20.6 Å². The van der Waals surface area contributed by atoms with Crippen molar-refractivity contribution >= 4 is 25.0 Å². The average molecular weight is 331 g/mol. The van der Waals surface area contributed by atoms with Crippen LogP contribution in [0.3, 0.4) is 0 Å². The van der Waals surface area contributed by atoms with Crippen molar-refractivity contribution in [2.75, 3.05) is 13.2 Å². The molecule has 0 saturated carbocycles. The van der Waals surface area contributed by atoms with Crippen LogP contribution in [0, 0.1) is 0 Å². The second kappa shape index (κ2) is 8.50. The smallest absolute Gasteiger partial charge is 0.308 e. The van der Waals surface area contributed by atoms with Gasteiger partial charge in [-0.2, -0.15) is 0 Å². The number of halogens is 1. The van der Waals surface area contributed by atoms with Gasteiger partial charge in [-0.25, -0.2) is 0 Å². The number of hydrogen-bond donors (Lipinski definition) is 0. The molecule has 0 amide bonds. The Kier molecular flexibility index (Phi) is 7.33. The fraction of sp³-hybridized carbons (Fsp3) is 0.400. The standard InChI is InChI=1S/C15H20ClO4P/c1-4-7-14(21(18,19-5-2)20-6-3)15(17)12-8-10-13(16)11-9-12/h4,8-11,14H,1,5-7H2,2-3H3. The fourth-order valence-electron chi connectivity index (χ4n) is 1.92. The van der Waals surface area contributed by atoms with E-state index in [-0.39, 0.29) is 25.4 Å². The molecule has 1 aromatic rings. The molecule has 0 aliphatic carbocycles. The summed E-state index contributed by atoms with van der Waals surface area (Å²) in [7, 11) is -3.53. The molecular formula is C15H20ClO4P. The zero-order valence-electron chi connectivity index (χ0n) is 12.3. The lowest BCUT2D eigenvalue weighted by Crippen LogP contribution is -2.23. The van der Waals surface area contributed by atoms with Crippen molar-refractivity contribution in [3.05, 3.63) is 47.5 Å². The first-order valence-corrected chi connectivity index (χ1v) is 8.77. The second-order valence-corrected chi connectivity index (χ2v) is 6.94. The molecule has 0 spiro atoms. The molecule has 1 rings (SSSR count). The summed E-state index contributed by atoms with van der Waals surface area (Å²) >= 11 is 5.81. The quantitative estimate of drug-likeness (QED) is 0.373. The Balaban J connectivity index is 3.14. The van der Waals surface area contributed by atoms with E-state index in [0.29, 0.717) is 10.6 Å². The molecule has 21 heavy (non-hydrogen) atoms. The summed E-state index contributed by atoms with van der Waals surface area (Å²) in [6.07, 6.45) is 1.77. The first-order valence-electron chi connectivity index (χ1n) is 6.78. The fourth-order valence-corrected chi connectivity index (χ4v) is 4.05. The third-order valence-corrected chi connectivity index (χ3v) is 5.52. The van der Waals surface area contributed by atoms with Crippen LogP contribution in [0.4, 0.5) is 0 Å². The van der Waals surface area contributed by atoms with Crippen molar-refractivity contribution in [3.8, 4) is 0 Å². The second-order valence-electron chi connectivity index (χ2n) is 4.29. The molecule has 0 saturated heterocycles. The van der Waals surface area contributed by atoms with Gasteiger partial charge < -0.3 is 9.05 Å². The molecule has 1 unspecified atom stereocenters. The normalized spacial score (nSPS) is 12.9. The van der Waals surface area contributed by atoms with Gasteiger partial charge in [0, 0.05) is 10.6 Å². The number of rotatable bonds is 9. The highest BCUT2D eigenvalue weighted by Gasteiger charge is 2.40. The first kappa shape index (κ1) is 18.1. The van der Waals surface area contributed by atoms with Gasteiger partial charge in [0.15, 0.2) is 5.78 Å². The maximum atomic E-state index is 12.8. The largest absolute Gasteiger partial charge is 0.341 e. The van der Waals surface area contributed by atoms with Crippen molar-refractivity contribution < 1.29 is 18.4 Å². The number of carbonyl (C=O) groups is 1. The van der Waals surface area contributed by atoms with Crippen LogP contribution < -0.4 is 0 Å². The Morgan fingerprint density at radius 3 is 2.24 bits per heavy atom. The molecule has 0 bridgehead atoms. The van der Waals surface area contributed by atoms with Gasteiger partial charge in [0.05, 0.1) is 13.2 Å². The minimum atomic E-state index is -3.53. The number of ketones is 1. The molecule has 0 fully saturated rings. The van der Waals surface area contributed by atoms with Crippen molar-refractivity contribution in [3.63, 3.8) is 0 Å². The summed E-state index contributed by atoms with van der Waals surface area (Å²) in [6.45, 7) is 7.46. The molecule has 0 heterocycles. The summed E-state index contributed by atoms with van der Waals surface area (Å²) in [4.78, 5) is 12.6. The Labute approximate surface area is 130 Å². The van der Waals surface area contributed by atoms with Crippen molar-refractivity contribution in [1.82, 2.24) is 0 Å². The molecule has 0 N–H and O–H groups in total. The number of carbonyl (C=O) groups excluding carboxylic acids is 1. The van der Waals surface area contributed by atoms with E-state index in [2.05, 4.69) is 6.58 Å². The molecule has 0 radical (unpaired) electrons. The Morgan fingerprint density at radius 2 is 1.81 bits per heavy atom. The lowest BCUT2D eigenvalue weighted by molar-refractivity contribution is 0.0968. The number of hydrogen-bond acceptors (Lipinski definition) is 4. The maximum Gasteiger partial charge on any atom is 0.341 e. The van der Waals surface area contributed by atoms with Gasteiger partial charge in [0.1, 0.15) is 5.66 Å². The zero-order valence-corrected chi connectivity index (χ0v) is 13.9. The van der Waals surface area contributed by atoms with Gasteiger partial charge in [-0.3, -0.25) is 9.36 Å². The average Bonchev–Trinajstić information content (AvgIpc) is 2.45. The van der Waals surface area contributed by atoms with E-state index in [9.17, 15) is 9.36 Å². The van der Waals surface area contributed by atoms with E-state index in [1.807, 2.05) is 0 Å². The molecule has 4 nitrogen and oxygen atoms in total. The summed E-state index contributed by atoms with van der Waals surface area (Å²) in [5.41, 5.74) is -0.470. The van der Waals surface area contributed by atoms with Crippen LogP contribution in [0.1, 0.15) is 30.6 Å². The predicted molar refractivity (Wildman–Crippen MR) is 85.2 cm³/mol. The first-order chi connectivity index (χ1) is 9.98. The predicted octanol–water partition coefficient (Wildman–Crippen LogP) is 4.73. The van der Waals surface area contributed by atoms with Gasteiger partial charge >= 0.3 is 7.60 Å². The Morgan fingerprint density at radius 1 is 1.29 bits per heavy atom. The van der Waals surface area contributed by atoms with Crippen molar-refractivity contribution in [1.29, 1.82) is 0 Å². The Bertz CT molecular complexity index is 517. The van der Waals surface area contributed by atoms with E-state index in [0.717, 1.165) is 0 Å². The van der Waals surface area contributed by atoms with Crippen LogP contribution in [0.5, 0.6) is 0 Å². The third-order valence-electron chi connectivity index (χ3n) is 2.82. The lowest BCUT2D eigenvalue weighted by atomic mass is 10.1. The molecule has 0 aliphatic rings. The van der Waals surface area contributed by atoms with E-state index < -0.39 is 13.3 Å². The van der Waals surface area contributed by atoms with Crippen LogP contribution in [0.2, 0.25) is 5.02 Å². The molecule has 1 atom stereocenters. The number of benzene rings is 1. The van der Waals surface area contributed by atoms with Gasteiger partial charge in [-0.15, -0.1) is 6.58 Å². The lowest BCUT2D eigenvalue weighted by Gasteiger charge is -2.24. The number of allylic oxidation sites excluding steroid dienone is 1. The minimum absolute atomic E-state index is 0.207. The molecule has 6 heteroatoms. The van der Waals surface area contributed by atoms with Crippen LogP contribution >= 0.6 is 19.2 Å². The van der Waals surface area contributed by atoms with Gasteiger partial charge in [-0.1, -0.05) is 17.7 Å². The SMILES string of the molecule is C=CCC(C(=O)c1ccc(Cl)cc1)P(=O)(OCC)OCC. The summed E-state index contributed by atoms with van der Waals surface area (Å²) in [5.74, 6) is -0.295. The van der Waals surface area contributed by atoms with Crippen LogP contribution in [0.25, 0.3) is 0 Å². The van der Waals surface area contributed by atoms with E-state index in [1.165, 1.54) is 0 Å². The highest BCUT2D eigenvalue weighted by atomic mass is 35.5. The Hall–Kier alpha value is -0.930. The van der Waals surface area contributed by atoms with Gasteiger partial charge in [0.2, 0.25) is 0 Å². The molecular weight excluding hydrogens is 311 g/mol. The zero-order chi connectivity index (χ0) is 15.9. The summed E-state index contributed by atoms with van der Waals surface area (Å²) in [5, 5.41) is 0.532. The highest BCUT2D eigenvalue weighted by molar-refractivity contribution is 7.55. The van der Waals surface area contributed by atoms with Gasteiger partial charge in [0.25, 0.3) is 0 Å².